The number of hydrogen-bond acceptors (Lipinski definition) is 1. The standard InChI is InChI=1S/5C2H5.CH4N.Ta/c6*1-2;/h5*1H2,2H3;2H,1H3;/q;;;;;-1;+1. The molecule has 0 saturated heterocycles. The first-order chi connectivity index (χ1) is 5.97. The minimum absolute atomic E-state index is 1.42. The fourth-order valence-electron chi connectivity index (χ4n) is 3.03. The third-order valence-corrected chi connectivity index (χ3v) is 49.5. The molecule has 0 bridgehead atoms. The Morgan fingerprint density at radius 2 is 0.923 bits per heavy atom. The van der Waals surface area contributed by atoms with Crippen LogP contribution in [0.15, 0.2) is 0 Å². The van der Waals surface area contributed by atoms with Gasteiger partial charge in [-0.15, -0.1) is 0 Å². The molecule has 83 valence electrons. The van der Waals surface area contributed by atoms with E-state index < -0.39 is 14.8 Å². The third-order valence-electron chi connectivity index (χ3n) is 6.05. The van der Waals surface area contributed by atoms with Crippen LogP contribution < -0.4 is 3.72 Å². The van der Waals surface area contributed by atoms with Gasteiger partial charge in [0.15, 0.2) is 0 Å². The average molecular weight is 356 g/mol. The molecule has 2 heteroatoms. The van der Waals surface area contributed by atoms with Gasteiger partial charge in [-0.1, -0.05) is 0 Å². The van der Waals surface area contributed by atoms with Crippen LogP contribution in [-0.4, -0.2) is 7.05 Å². The van der Waals surface area contributed by atoms with E-state index in [0.717, 1.165) is 0 Å². The summed E-state index contributed by atoms with van der Waals surface area (Å²) in [7, 11) is 2.22. The van der Waals surface area contributed by atoms with E-state index in [9.17, 15) is 0 Å². The first-order valence-electron chi connectivity index (χ1n) is 5.84. The van der Waals surface area contributed by atoms with Crippen LogP contribution in [0.3, 0.4) is 0 Å². The second-order valence-corrected chi connectivity index (χ2v) is 39.5. The Bertz CT molecular complexity index is 120. The van der Waals surface area contributed by atoms with Gasteiger partial charge in [0, 0.05) is 0 Å². The van der Waals surface area contributed by atoms with Crippen LogP contribution in [0.5, 0.6) is 0 Å². The van der Waals surface area contributed by atoms with E-state index in [1.165, 1.54) is 23.2 Å². The Morgan fingerprint density at radius 1 is 0.692 bits per heavy atom. The summed E-state index contributed by atoms with van der Waals surface area (Å²) in [5, 5.41) is 0. The molecule has 0 atom stereocenters. The summed E-state index contributed by atoms with van der Waals surface area (Å²) >= 11 is -3.01. The molecule has 0 aromatic carbocycles. The molecule has 0 aliphatic carbocycles. The van der Waals surface area contributed by atoms with Gasteiger partial charge in [0.05, 0.1) is 0 Å². The molecule has 0 saturated carbocycles. The monoisotopic (exact) mass is 356 g/mol. The summed E-state index contributed by atoms with van der Waals surface area (Å²) in [4.78, 5) is 0. The zero-order valence-corrected chi connectivity index (χ0v) is 13.7. The minimum atomic E-state index is -3.01. The summed E-state index contributed by atoms with van der Waals surface area (Å²) in [5.74, 6) is 0. The van der Waals surface area contributed by atoms with E-state index >= 15 is 0 Å². The third kappa shape index (κ3) is 1.54. The van der Waals surface area contributed by atoms with Crippen LogP contribution >= 0.6 is 0 Å². The van der Waals surface area contributed by atoms with Gasteiger partial charge in [-0.3, -0.25) is 0 Å². The van der Waals surface area contributed by atoms with Gasteiger partial charge in [-0.2, -0.15) is 0 Å². The van der Waals surface area contributed by atoms with Crippen LogP contribution in [0.2, 0.25) is 23.2 Å². The molecule has 0 aliphatic heterocycles. The maximum absolute atomic E-state index is 3.90. The predicted octanol–water partition coefficient (Wildman–Crippen LogP) is 4.54. The normalized spacial score (nSPS) is 18.0. The van der Waals surface area contributed by atoms with Gasteiger partial charge >= 0.3 is 83.3 Å². The van der Waals surface area contributed by atoms with Gasteiger partial charge in [-0.25, -0.2) is 0 Å². The predicted molar refractivity (Wildman–Crippen MR) is 61.5 cm³/mol. The second kappa shape index (κ2) is 3.69. The van der Waals surface area contributed by atoms with Crippen LogP contribution in [0.25, 0.3) is 0 Å². The summed E-state index contributed by atoms with van der Waals surface area (Å²) in [6.07, 6.45) is 0. The van der Waals surface area contributed by atoms with Crippen LogP contribution in [0.4, 0.5) is 0 Å². The van der Waals surface area contributed by atoms with Gasteiger partial charge in [-0.05, 0) is 0 Å². The van der Waals surface area contributed by atoms with Crippen molar-refractivity contribution < 1.29 is 14.8 Å². The van der Waals surface area contributed by atoms with E-state index in [1.807, 2.05) is 0 Å². The van der Waals surface area contributed by atoms with Gasteiger partial charge in [0.25, 0.3) is 0 Å². The molecule has 0 rings (SSSR count). The molecule has 0 aromatic heterocycles. The van der Waals surface area contributed by atoms with Crippen molar-refractivity contribution in [3.05, 3.63) is 0 Å². The molecular weight excluding hydrogens is 327 g/mol. The van der Waals surface area contributed by atoms with Gasteiger partial charge in [0.2, 0.25) is 0 Å². The Balaban J connectivity index is 5.51. The van der Waals surface area contributed by atoms with E-state index in [-0.39, 0.29) is 0 Å². The first-order valence-corrected chi connectivity index (χ1v) is 18.8. The van der Waals surface area contributed by atoms with Gasteiger partial charge in [0.1, 0.15) is 0 Å². The zero-order valence-electron chi connectivity index (χ0n) is 10.5. The SMILES string of the molecule is C[CH2][Ta]([CH2]C)([CH2]C)([CH2]C)([CH2]C)[NH]C. The van der Waals surface area contributed by atoms with E-state index in [4.69, 9.17) is 0 Å². The molecule has 13 heavy (non-hydrogen) atoms. The zero-order chi connectivity index (χ0) is 10.7. The van der Waals surface area contributed by atoms with E-state index in [0.29, 0.717) is 0 Å². The quantitative estimate of drug-likeness (QED) is 0.737. The van der Waals surface area contributed by atoms with Crippen molar-refractivity contribution in [3.63, 3.8) is 0 Å². The second-order valence-electron chi connectivity index (χ2n) is 4.83. The first kappa shape index (κ1) is 13.7. The molecule has 0 aliphatic rings. The van der Waals surface area contributed by atoms with Crippen molar-refractivity contribution in [2.75, 3.05) is 7.05 Å². The van der Waals surface area contributed by atoms with Crippen molar-refractivity contribution in [1.82, 2.24) is 3.72 Å². The molecule has 0 aromatic rings. The molecule has 1 nitrogen and oxygen atoms in total. The molecule has 0 unspecified atom stereocenters. The summed E-state index contributed by atoms with van der Waals surface area (Å²) in [6, 6.07) is 0. The fraction of sp³-hybridized carbons (Fsp3) is 1.00. The Labute approximate surface area is 83.3 Å². The van der Waals surface area contributed by atoms with Crippen LogP contribution in [-0.2, 0) is 14.8 Å². The molecule has 0 heterocycles. The van der Waals surface area contributed by atoms with Crippen molar-refractivity contribution >= 4 is 0 Å². The van der Waals surface area contributed by atoms with Crippen molar-refractivity contribution in [3.8, 4) is 0 Å². The molecule has 1 N–H and O–H groups in total. The molecule has 0 spiro atoms. The number of nitrogens with one attached hydrogen (secondary N) is 1. The topological polar surface area (TPSA) is 12.0 Å². The van der Waals surface area contributed by atoms with Crippen molar-refractivity contribution in [2.24, 2.45) is 0 Å². The Morgan fingerprint density at radius 3 is 0.923 bits per heavy atom. The molecule has 0 fully saturated rings. The van der Waals surface area contributed by atoms with Gasteiger partial charge < -0.3 is 0 Å². The fourth-order valence-corrected chi connectivity index (χ4v) is 24.8. The maximum atomic E-state index is 3.90. The summed E-state index contributed by atoms with van der Waals surface area (Å²) < 4.78 is 11.0. The van der Waals surface area contributed by atoms with E-state index in [2.05, 4.69) is 45.4 Å². The molecule has 0 amide bonds. The van der Waals surface area contributed by atoms with Crippen LogP contribution in [0, 0.1) is 0 Å². The number of rotatable bonds is 6. The molecule has 0 radical (unpaired) electrons. The average Bonchev–Trinajstić information content (AvgIpc) is 2.26. The summed E-state index contributed by atoms with van der Waals surface area (Å²) in [6.45, 7) is 12.1. The molecular formula is C11H29NTa. The Hall–Kier alpha value is 0.700. The summed E-state index contributed by atoms with van der Waals surface area (Å²) in [5.41, 5.74) is 0. The van der Waals surface area contributed by atoms with E-state index in [1.54, 1.807) is 0 Å². The van der Waals surface area contributed by atoms with Crippen molar-refractivity contribution in [1.29, 1.82) is 0 Å². The van der Waals surface area contributed by atoms with Crippen molar-refractivity contribution in [2.45, 2.75) is 57.8 Å². The van der Waals surface area contributed by atoms with Crippen LogP contribution in [0.1, 0.15) is 34.6 Å². The Kier molecular flexibility index (Phi) is 3.89. The number of hydrogen-bond donors (Lipinski definition) is 1.